The van der Waals surface area contributed by atoms with Gasteiger partial charge in [-0.05, 0) is 32.8 Å². The Morgan fingerprint density at radius 1 is 0.963 bits per heavy atom. The summed E-state index contributed by atoms with van der Waals surface area (Å²) in [4.78, 5) is 37.1. The van der Waals surface area contributed by atoms with Gasteiger partial charge in [0.15, 0.2) is 0 Å². The molecule has 0 aliphatic heterocycles. The molecule has 1 amide bonds. The summed E-state index contributed by atoms with van der Waals surface area (Å²) in [5.74, 6) is -0.972. The van der Waals surface area contributed by atoms with Crippen LogP contribution in [0.5, 0.6) is 0 Å². The third kappa shape index (κ3) is 9.08. The van der Waals surface area contributed by atoms with Crippen molar-refractivity contribution in [3.63, 3.8) is 0 Å². The molecule has 0 unspecified atom stereocenters. The van der Waals surface area contributed by atoms with Crippen LogP contribution in [0.2, 0.25) is 0 Å². The van der Waals surface area contributed by atoms with Crippen LogP contribution in [0.3, 0.4) is 0 Å². The molecule has 0 fully saturated rings. The quantitative estimate of drug-likeness (QED) is 0.481. The average Bonchev–Trinajstić information content (AvgIpc) is 2.62. The van der Waals surface area contributed by atoms with Gasteiger partial charge in [0.25, 0.3) is 0 Å². The van der Waals surface area contributed by atoms with Crippen molar-refractivity contribution in [3.05, 3.63) is 35.9 Å². The lowest BCUT2D eigenvalue weighted by atomic mass is 10.1. The van der Waals surface area contributed by atoms with E-state index in [0.717, 1.165) is 12.0 Å². The van der Waals surface area contributed by atoms with Crippen LogP contribution >= 0.6 is 0 Å². The summed E-state index contributed by atoms with van der Waals surface area (Å²) in [6.45, 7) is 6.66. The Morgan fingerprint density at radius 3 is 2.22 bits per heavy atom. The van der Waals surface area contributed by atoms with Crippen molar-refractivity contribution in [3.8, 4) is 0 Å². The number of hydrogen-bond acceptors (Lipinski definition) is 6. The predicted molar refractivity (Wildman–Crippen MR) is 99.7 cm³/mol. The molecule has 0 aromatic heterocycles. The molecule has 7 heteroatoms. The van der Waals surface area contributed by atoms with Gasteiger partial charge < -0.3 is 14.2 Å². The van der Waals surface area contributed by atoms with Crippen molar-refractivity contribution in [2.45, 2.75) is 59.1 Å². The van der Waals surface area contributed by atoms with Crippen LogP contribution in [0.1, 0.15) is 52.5 Å². The normalized spacial score (nSPS) is 10.8. The van der Waals surface area contributed by atoms with E-state index in [0.29, 0.717) is 6.42 Å². The number of amides is 1. The van der Waals surface area contributed by atoms with Gasteiger partial charge in [-0.1, -0.05) is 43.7 Å². The molecule has 0 heterocycles. The first-order chi connectivity index (χ1) is 12.7. The second-order valence-electron chi connectivity index (χ2n) is 7.05. The van der Waals surface area contributed by atoms with E-state index in [4.69, 9.17) is 14.2 Å². The smallest absolute Gasteiger partial charge is 0.413 e. The number of nitrogens with zero attached hydrogens (tertiary/aromatic N) is 1. The Labute approximate surface area is 160 Å². The lowest BCUT2D eigenvalue weighted by Gasteiger charge is -2.33. The first-order valence-electron chi connectivity index (χ1n) is 9.03. The summed E-state index contributed by atoms with van der Waals surface area (Å²) in [5, 5.41) is 0. The Kier molecular flexibility index (Phi) is 9.33. The minimum Gasteiger partial charge on any atom is -0.459 e. The topological polar surface area (TPSA) is 82.1 Å². The van der Waals surface area contributed by atoms with Crippen LogP contribution in [-0.4, -0.2) is 41.8 Å². The first-order valence-corrected chi connectivity index (χ1v) is 9.03. The summed E-state index contributed by atoms with van der Waals surface area (Å²) < 4.78 is 15.1. The maximum Gasteiger partial charge on any atom is 0.413 e. The summed E-state index contributed by atoms with van der Waals surface area (Å²) in [5.41, 5.74) is 0.185. The molecule has 150 valence electrons. The van der Waals surface area contributed by atoms with E-state index in [9.17, 15) is 14.4 Å². The van der Waals surface area contributed by atoms with Gasteiger partial charge in [-0.2, -0.15) is 0 Å². The summed E-state index contributed by atoms with van der Waals surface area (Å²) >= 11 is 0. The van der Waals surface area contributed by atoms with Crippen LogP contribution in [0.15, 0.2) is 30.3 Å². The fourth-order valence-corrected chi connectivity index (χ4v) is 2.11. The number of ether oxygens (including phenoxy) is 3. The summed E-state index contributed by atoms with van der Waals surface area (Å²) in [7, 11) is 0. The molecular weight excluding hydrogens is 350 g/mol. The minimum absolute atomic E-state index is 0.127. The lowest BCUT2D eigenvalue weighted by Crippen LogP contribution is -2.49. The van der Waals surface area contributed by atoms with Gasteiger partial charge in [-0.25, -0.2) is 4.79 Å². The molecule has 0 N–H and O–H groups in total. The highest BCUT2D eigenvalue weighted by molar-refractivity contribution is 5.78. The van der Waals surface area contributed by atoms with Crippen LogP contribution in [0.4, 0.5) is 4.79 Å². The zero-order valence-electron chi connectivity index (χ0n) is 16.5. The second kappa shape index (κ2) is 11.2. The maximum atomic E-state index is 12.3. The molecule has 1 aromatic rings. The van der Waals surface area contributed by atoms with E-state index in [1.165, 1.54) is 4.90 Å². The molecule has 0 bridgehead atoms. The lowest BCUT2D eigenvalue weighted by molar-refractivity contribution is -0.154. The fraction of sp³-hybridized carbons (Fsp3) is 0.550. The molecule has 0 saturated carbocycles. The van der Waals surface area contributed by atoms with E-state index < -0.39 is 30.4 Å². The molecule has 0 radical (unpaired) electrons. The zero-order valence-corrected chi connectivity index (χ0v) is 16.5. The molecule has 0 saturated heterocycles. The van der Waals surface area contributed by atoms with E-state index in [-0.39, 0.29) is 19.6 Å². The van der Waals surface area contributed by atoms with Gasteiger partial charge in [0.1, 0.15) is 13.2 Å². The zero-order chi connectivity index (χ0) is 20.3. The molecule has 0 atom stereocenters. The van der Waals surface area contributed by atoms with Crippen LogP contribution < -0.4 is 0 Å². The molecule has 0 spiro atoms. The largest absolute Gasteiger partial charge is 0.459 e. The van der Waals surface area contributed by atoms with Crippen LogP contribution in [0, 0.1) is 0 Å². The molecule has 7 nitrogen and oxygen atoms in total. The standard InChI is InChI=1S/C20H29NO6/c1-5-6-12-17(22)26-15-27-19(24)21(20(2,3)4)13-18(23)25-14-16-10-8-7-9-11-16/h7-11H,5-6,12-15H2,1-4H3. The Morgan fingerprint density at radius 2 is 1.63 bits per heavy atom. The van der Waals surface area contributed by atoms with Gasteiger partial charge in [0.2, 0.25) is 6.79 Å². The number of esters is 2. The molecule has 0 aliphatic carbocycles. The highest BCUT2D eigenvalue weighted by atomic mass is 16.7. The summed E-state index contributed by atoms with van der Waals surface area (Å²) in [6, 6.07) is 9.26. The van der Waals surface area contributed by atoms with Crippen molar-refractivity contribution < 1.29 is 28.6 Å². The maximum absolute atomic E-state index is 12.3. The number of benzene rings is 1. The third-order valence-corrected chi connectivity index (χ3v) is 3.70. The van der Waals surface area contributed by atoms with Crippen molar-refractivity contribution in [2.75, 3.05) is 13.3 Å². The number of hydrogen-bond donors (Lipinski definition) is 0. The number of carbonyl (C=O) groups is 3. The van der Waals surface area contributed by atoms with E-state index in [2.05, 4.69) is 0 Å². The van der Waals surface area contributed by atoms with Crippen molar-refractivity contribution >= 4 is 18.0 Å². The van der Waals surface area contributed by atoms with Gasteiger partial charge in [-0.15, -0.1) is 0 Å². The van der Waals surface area contributed by atoms with Gasteiger partial charge in [-0.3, -0.25) is 14.5 Å². The van der Waals surface area contributed by atoms with Crippen molar-refractivity contribution in [1.82, 2.24) is 4.90 Å². The third-order valence-electron chi connectivity index (χ3n) is 3.70. The van der Waals surface area contributed by atoms with Crippen molar-refractivity contribution in [1.29, 1.82) is 0 Å². The van der Waals surface area contributed by atoms with Crippen LogP contribution in [-0.2, 0) is 30.4 Å². The fourth-order valence-electron chi connectivity index (χ4n) is 2.11. The Bertz CT molecular complexity index is 609. The molecule has 1 aromatic carbocycles. The van der Waals surface area contributed by atoms with E-state index in [1.807, 2.05) is 37.3 Å². The minimum atomic E-state index is -0.748. The Hall–Kier alpha value is -2.57. The second-order valence-corrected chi connectivity index (χ2v) is 7.05. The average molecular weight is 379 g/mol. The molecule has 27 heavy (non-hydrogen) atoms. The number of carbonyl (C=O) groups excluding carboxylic acids is 3. The number of rotatable bonds is 9. The van der Waals surface area contributed by atoms with Crippen molar-refractivity contribution in [2.24, 2.45) is 0 Å². The molecular formula is C20H29NO6. The SMILES string of the molecule is CCCCC(=O)OCOC(=O)N(CC(=O)OCc1ccccc1)C(C)(C)C. The first kappa shape index (κ1) is 22.5. The highest BCUT2D eigenvalue weighted by Crippen LogP contribution is 2.15. The van der Waals surface area contributed by atoms with E-state index in [1.54, 1.807) is 20.8 Å². The highest BCUT2D eigenvalue weighted by Gasteiger charge is 2.30. The molecule has 0 aliphatic rings. The van der Waals surface area contributed by atoms with Crippen LogP contribution in [0.25, 0.3) is 0 Å². The monoisotopic (exact) mass is 379 g/mol. The van der Waals surface area contributed by atoms with Gasteiger partial charge in [0.05, 0.1) is 0 Å². The number of unbranched alkanes of at least 4 members (excludes halogenated alkanes) is 1. The predicted octanol–water partition coefficient (Wildman–Crippen LogP) is 3.66. The summed E-state index contributed by atoms with van der Waals surface area (Å²) in [6.07, 6.45) is 1.12. The molecule has 1 rings (SSSR count). The van der Waals surface area contributed by atoms with Gasteiger partial charge >= 0.3 is 18.0 Å². The Balaban J connectivity index is 2.50. The van der Waals surface area contributed by atoms with E-state index >= 15 is 0 Å². The van der Waals surface area contributed by atoms with Gasteiger partial charge in [0, 0.05) is 12.0 Å².